The Bertz CT molecular complexity index is 374. The first kappa shape index (κ1) is 11.0. The fourth-order valence-electron chi connectivity index (χ4n) is 1.29. The lowest BCUT2D eigenvalue weighted by Gasteiger charge is -2.22. The van der Waals surface area contributed by atoms with E-state index >= 15 is 0 Å². The summed E-state index contributed by atoms with van der Waals surface area (Å²) < 4.78 is 0. The summed E-state index contributed by atoms with van der Waals surface area (Å²) in [4.78, 5) is 10.9. The summed E-state index contributed by atoms with van der Waals surface area (Å²) in [5, 5.41) is 9.47. The zero-order valence-corrected chi connectivity index (χ0v) is 8.80. The molecule has 0 saturated carbocycles. The summed E-state index contributed by atoms with van der Waals surface area (Å²) in [6.45, 7) is 3.21. The van der Waals surface area contributed by atoms with Crippen LogP contribution in [0.15, 0.2) is 18.2 Å². The van der Waals surface area contributed by atoms with Gasteiger partial charge >= 0.3 is 5.97 Å². The summed E-state index contributed by atoms with van der Waals surface area (Å²) in [7, 11) is 0. The predicted molar refractivity (Wildman–Crippen MR) is 55.4 cm³/mol. The van der Waals surface area contributed by atoms with Gasteiger partial charge in [0.05, 0.1) is 0 Å². The first-order valence-corrected chi connectivity index (χ1v) is 4.53. The minimum absolute atomic E-state index is 0.528. The van der Waals surface area contributed by atoms with Crippen molar-refractivity contribution in [1.82, 2.24) is 0 Å². The molecule has 0 spiro atoms. The highest BCUT2D eigenvalue weighted by atomic mass is 35.5. The van der Waals surface area contributed by atoms with E-state index in [1.54, 1.807) is 25.1 Å². The molecule has 1 atom stereocenters. The van der Waals surface area contributed by atoms with Crippen LogP contribution in [-0.2, 0) is 10.3 Å². The van der Waals surface area contributed by atoms with Crippen molar-refractivity contribution < 1.29 is 9.90 Å². The Morgan fingerprint density at radius 3 is 2.64 bits per heavy atom. The van der Waals surface area contributed by atoms with Crippen molar-refractivity contribution >= 4 is 17.6 Å². The molecule has 0 unspecified atom stereocenters. The standard InChI is InChI=1S/C10H12ClNO2/c1-6-7(4-3-5-8(6)11)10(2,12)9(13)14/h3-5H,12H2,1-2H3,(H,13,14)/t10-/m0/s1. The van der Waals surface area contributed by atoms with Crippen molar-refractivity contribution in [1.29, 1.82) is 0 Å². The lowest BCUT2D eigenvalue weighted by Crippen LogP contribution is -2.42. The quantitative estimate of drug-likeness (QED) is 0.789. The SMILES string of the molecule is Cc1c(Cl)cccc1[C@](C)(N)C(=O)O. The normalized spacial score (nSPS) is 14.9. The van der Waals surface area contributed by atoms with E-state index < -0.39 is 11.5 Å². The Hall–Kier alpha value is -1.06. The second kappa shape index (κ2) is 3.59. The monoisotopic (exact) mass is 213 g/mol. The van der Waals surface area contributed by atoms with Crippen LogP contribution >= 0.6 is 11.6 Å². The van der Waals surface area contributed by atoms with E-state index in [0.717, 1.165) is 0 Å². The molecule has 0 aliphatic rings. The molecule has 1 rings (SSSR count). The topological polar surface area (TPSA) is 63.3 Å². The minimum atomic E-state index is -1.39. The van der Waals surface area contributed by atoms with E-state index in [-0.39, 0.29) is 0 Å². The van der Waals surface area contributed by atoms with Crippen molar-refractivity contribution in [3.8, 4) is 0 Å². The van der Waals surface area contributed by atoms with Crippen LogP contribution in [0.4, 0.5) is 0 Å². The molecule has 76 valence electrons. The molecule has 3 nitrogen and oxygen atoms in total. The van der Waals surface area contributed by atoms with Crippen molar-refractivity contribution in [2.24, 2.45) is 5.73 Å². The van der Waals surface area contributed by atoms with Gasteiger partial charge in [-0.05, 0) is 31.0 Å². The number of carboxylic acids is 1. The molecule has 0 saturated heterocycles. The average Bonchev–Trinajstić information content (AvgIpc) is 2.09. The number of rotatable bonds is 2. The van der Waals surface area contributed by atoms with Crippen LogP contribution in [0.5, 0.6) is 0 Å². The third-order valence-corrected chi connectivity index (χ3v) is 2.68. The number of hydrogen-bond acceptors (Lipinski definition) is 2. The Morgan fingerprint density at radius 1 is 1.57 bits per heavy atom. The summed E-state index contributed by atoms with van der Waals surface area (Å²) >= 11 is 5.88. The van der Waals surface area contributed by atoms with Gasteiger partial charge < -0.3 is 10.8 Å². The zero-order chi connectivity index (χ0) is 10.9. The van der Waals surface area contributed by atoms with Gasteiger partial charge in [0, 0.05) is 5.02 Å². The first-order chi connectivity index (χ1) is 6.37. The van der Waals surface area contributed by atoms with Crippen molar-refractivity contribution in [3.63, 3.8) is 0 Å². The maximum atomic E-state index is 10.9. The second-order valence-electron chi connectivity index (χ2n) is 3.42. The molecule has 3 N–H and O–H groups in total. The summed E-state index contributed by atoms with van der Waals surface area (Å²) in [6.07, 6.45) is 0. The fourth-order valence-corrected chi connectivity index (χ4v) is 1.46. The van der Waals surface area contributed by atoms with Gasteiger partial charge in [-0.2, -0.15) is 0 Å². The second-order valence-corrected chi connectivity index (χ2v) is 3.83. The van der Waals surface area contributed by atoms with Crippen molar-refractivity contribution in [3.05, 3.63) is 34.3 Å². The Labute approximate surface area is 87.5 Å². The molecule has 0 bridgehead atoms. The van der Waals surface area contributed by atoms with E-state index in [4.69, 9.17) is 22.4 Å². The highest BCUT2D eigenvalue weighted by molar-refractivity contribution is 6.31. The van der Waals surface area contributed by atoms with Crippen LogP contribution in [0, 0.1) is 6.92 Å². The number of hydrogen-bond donors (Lipinski definition) is 2. The van der Waals surface area contributed by atoms with Gasteiger partial charge in [-0.15, -0.1) is 0 Å². The molecule has 0 fully saturated rings. The molecule has 4 heteroatoms. The number of aliphatic carboxylic acids is 1. The molecule has 0 aliphatic heterocycles. The number of carbonyl (C=O) groups is 1. The van der Waals surface area contributed by atoms with Crippen LogP contribution in [0.25, 0.3) is 0 Å². The molecular formula is C10H12ClNO2. The largest absolute Gasteiger partial charge is 0.480 e. The average molecular weight is 214 g/mol. The first-order valence-electron chi connectivity index (χ1n) is 4.15. The van der Waals surface area contributed by atoms with E-state index in [9.17, 15) is 4.79 Å². The summed E-state index contributed by atoms with van der Waals surface area (Å²) in [5.41, 5.74) is 5.55. The molecule has 1 aromatic carbocycles. The fraction of sp³-hybridized carbons (Fsp3) is 0.300. The highest BCUT2D eigenvalue weighted by Crippen LogP contribution is 2.26. The molecule has 0 aromatic heterocycles. The van der Waals surface area contributed by atoms with Crippen molar-refractivity contribution in [2.45, 2.75) is 19.4 Å². The van der Waals surface area contributed by atoms with E-state index in [0.29, 0.717) is 16.1 Å². The van der Waals surface area contributed by atoms with Crippen LogP contribution in [0.1, 0.15) is 18.1 Å². The molecule has 1 aromatic rings. The minimum Gasteiger partial charge on any atom is -0.480 e. The number of nitrogens with two attached hydrogens (primary N) is 1. The maximum Gasteiger partial charge on any atom is 0.328 e. The van der Waals surface area contributed by atoms with Gasteiger partial charge in [0.2, 0.25) is 0 Å². The Kier molecular flexibility index (Phi) is 2.83. The van der Waals surface area contributed by atoms with E-state index in [1.807, 2.05) is 0 Å². The third-order valence-electron chi connectivity index (χ3n) is 2.27. The smallest absolute Gasteiger partial charge is 0.328 e. The van der Waals surface area contributed by atoms with Gasteiger partial charge in [0.15, 0.2) is 0 Å². The van der Waals surface area contributed by atoms with E-state index in [2.05, 4.69) is 0 Å². The number of halogens is 1. The van der Waals surface area contributed by atoms with Crippen molar-refractivity contribution in [2.75, 3.05) is 0 Å². The van der Waals surface area contributed by atoms with Crippen LogP contribution in [-0.4, -0.2) is 11.1 Å². The molecule has 0 amide bonds. The summed E-state index contributed by atoms with van der Waals surface area (Å²) in [6, 6.07) is 5.08. The third kappa shape index (κ3) is 1.74. The maximum absolute atomic E-state index is 10.9. The molecular weight excluding hydrogens is 202 g/mol. The Morgan fingerprint density at radius 2 is 2.14 bits per heavy atom. The summed E-state index contributed by atoms with van der Waals surface area (Å²) in [5.74, 6) is -1.07. The van der Waals surface area contributed by atoms with Crippen LogP contribution < -0.4 is 5.73 Å². The molecule has 0 heterocycles. The lowest BCUT2D eigenvalue weighted by atomic mass is 9.90. The lowest BCUT2D eigenvalue weighted by molar-refractivity contribution is -0.143. The van der Waals surface area contributed by atoms with Gasteiger partial charge in [0.1, 0.15) is 5.54 Å². The van der Waals surface area contributed by atoms with Gasteiger partial charge in [-0.1, -0.05) is 23.7 Å². The molecule has 0 aliphatic carbocycles. The van der Waals surface area contributed by atoms with Gasteiger partial charge in [0.25, 0.3) is 0 Å². The number of benzene rings is 1. The molecule has 0 radical (unpaired) electrons. The zero-order valence-electron chi connectivity index (χ0n) is 8.04. The number of carboxylic acid groups (broad SMARTS) is 1. The Balaban J connectivity index is 3.33. The van der Waals surface area contributed by atoms with Crippen LogP contribution in [0.2, 0.25) is 5.02 Å². The molecule has 14 heavy (non-hydrogen) atoms. The van der Waals surface area contributed by atoms with Gasteiger partial charge in [-0.3, -0.25) is 0 Å². The van der Waals surface area contributed by atoms with E-state index in [1.165, 1.54) is 6.92 Å². The van der Waals surface area contributed by atoms with Gasteiger partial charge in [-0.25, -0.2) is 4.79 Å². The predicted octanol–water partition coefficient (Wildman–Crippen LogP) is 1.91. The highest BCUT2D eigenvalue weighted by Gasteiger charge is 2.31. The van der Waals surface area contributed by atoms with Crippen LogP contribution in [0.3, 0.4) is 0 Å².